The molecule has 0 saturated carbocycles. The Morgan fingerprint density at radius 3 is 2.67 bits per heavy atom. The average molecular weight is 271 g/mol. The lowest BCUT2D eigenvalue weighted by molar-refractivity contribution is -0.127. The molecule has 1 atom stereocenters. The Bertz CT molecular complexity index is 421. The highest BCUT2D eigenvalue weighted by atomic mass is 35.5. The summed E-state index contributed by atoms with van der Waals surface area (Å²) in [5, 5.41) is 3.23. The van der Waals surface area contributed by atoms with Crippen LogP contribution in [0.15, 0.2) is 18.2 Å². The molecule has 18 heavy (non-hydrogen) atoms. The standard InChI is InChI=1S/C13H19ClN2O2/c1-8(2)7-16-13(17)9(3)18-10-4-5-12(15)11(14)6-10/h4-6,8-9H,7,15H2,1-3H3,(H,16,17). The van der Waals surface area contributed by atoms with Gasteiger partial charge in [-0.05, 0) is 25.0 Å². The number of carbonyl (C=O) groups excluding carboxylic acids is 1. The average Bonchev–Trinajstić information content (AvgIpc) is 2.30. The van der Waals surface area contributed by atoms with Gasteiger partial charge in [-0.3, -0.25) is 4.79 Å². The molecule has 1 rings (SSSR count). The summed E-state index contributed by atoms with van der Waals surface area (Å²) in [5.41, 5.74) is 6.08. The first-order valence-corrected chi connectivity index (χ1v) is 6.27. The van der Waals surface area contributed by atoms with Gasteiger partial charge >= 0.3 is 0 Å². The largest absolute Gasteiger partial charge is 0.481 e. The highest BCUT2D eigenvalue weighted by molar-refractivity contribution is 6.33. The van der Waals surface area contributed by atoms with Crippen LogP contribution in [0.2, 0.25) is 5.02 Å². The summed E-state index contributed by atoms with van der Waals surface area (Å²) in [4.78, 5) is 11.7. The molecule has 5 heteroatoms. The molecule has 1 aromatic carbocycles. The summed E-state index contributed by atoms with van der Waals surface area (Å²) in [7, 11) is 0. The molecular weight excluding hydrogens is 252 g/mol. The summed E-state index contributed by atoms with van der Waals surface area (Å²) in [6.45, 7) is 6.39. The second-order valence-corrected chi connectivity index (χ2v) is 4.99. The number of nitrogens with one attached hydrogen (secondary N) is 1. The zero-order chi connectivity index (χ0) is 13.7. The van der Waals surface area contributed by atoms with Crippen LogP contribution in [0.1, 0.15) is 20.8 Å². The molecule has 0 aliphatic carbocycles. The fraction of sp³-hybridized carbons (Fsp3) is 0.462. The van der Waals surface area contributed by atoms with E-state index < -0.39 is 6.10 Å². The Hall–Kier alpha value is -1.42. The highest BCUT2D eigenvalue weighted by Gasteiger charge is 2.14. The number of benzene rings is 1. The molecule has 0 fully saturated rings. The quantitative estimate of drug-likeness (QED) is 0.808. The molecule has 0 radical (unpaired) electrons. The second-order valence-electron chi connectivity index (χ2n) is 4.58. The number of hydrogen-bond acceptors (Lipinski definition) is 3. The number of anilines is 1. The molecule has 0 aliphatic heterocycles. The van der Waals surface area contributed by atoms with Gasteiger partial charge in [-0.2, -0.15) is 0 Å². The Balaban J connectivity index is 2.55. The first kappa shape index (κ1) is 14.6. The van der Waals surface area contributed by atoms with Crippen molar-refractivity contribution in [2.75, 3.05) is 12.3 Å². The Labute approximate surface area is 112 Å². The van der Waals surface area contributed by atoms with Gasteiger partial charge in [0.2, 0.25) is 0 Å². The van der Waals surface area contributed by atoms with Gasteiger partial charge in [0.05, 0.1) is 10.7 Å². The Morgan fingerprint density at radius 2 is 2.11 bits per heavy atom. The summed E-state index contributed by atoms with van der Waals surface area (Å²) in [6, 6.07) is 4.94. The minimum absolute atomic E-state index is 0.142. The van der Waals surface area contributed by atoms with E-state index in [4.69, 9.17) is 22.1 Å². The lowest BCUT2D eigenvalue weighted by Gasteiger charge is -2.16. The molecule has 0 spiro atoms. The number of halogens is 1. The van der Waals surface area contributed by atoms with Crippen LogP contribution < -0.4 is 15.8 Å². The van der Waals surface area contributed by atoms with E-state index in [-0.39, 0.29) is 5.91 Å². The number of amides is 1. The minimum Gasteiger partial charge on any atom is -0.481 e. The van der Waals surface area contributed by atoms with Gasteiger partial charge in [0, 0.05) is 12.6 Å². The normalized spacial score (nSPS) is 12.3. The molecule has 100 valence electrons. The summed E-state index contributed by atoms with van der Waals surface area (Å²) < 4.78 is 5.49. The number of hydrogen-bond donors (Lipinski definition) is 2. The molecule has 3 N–H and O–H groups in total. The van der Waals surface area contributed by atoms with E-state index >= 15 is 0 Å². The SMILES string of the molecule is CC(C)CNC(=O)C(C)Oc1ccc(N)c(Cl)c1. The van der Waals surface area contributed by atoms with Crippen molar-refractivity contribution in [3.63, 3.8) is 0 Å². The van der Waals surface area contributed by atoms with E-state index in [1.165, 1.54) is 0 Å². The Morgan fingerprint density at radius 1 is 1.44 bits per heavy atom. The topological polar surface area (TPSA) is 64.3 Å². The maximum absolute atomic E-state index is 11.7. The van der Waals surface area contributed by atoms with Crippen LogP contribution >= 0.6 is 11.6 Å². The minimum atomic E-state index is -0.566. The van der Waals surface area contributed by atoms with E-state index in [1.807, 2.05) is 13.8 Å². The highest BCUT2D eigenvalue weighted by Crippen LogP contribution is 2.24. The number of rotatable bonds is 5. The predicted octanol–water partition coefficient (Wildman–Crippen LogP) is 2.46. The number of ether oxygens (including phenoxy) is 1. The van der Waals surface area contributed by atoms with Gasteiger partial charge in [-0.15, -0.1) is 0 Å². The first-order valence-electron chi connectivity index (χ1n) is 5.89. The fourth-order valence-electron chi connectivity index (χ4n) is 1.29. The second kappa shape index (κ2) is 6.50. The number of nitrogen functional groups attached to an aromatic ring is 1. The monoisotopic (exact) mass is 270 g/mol. The van der Waals surface area contributed by atoms with Crippen molar-refractivity contribution in [1.82, 2.24) is 5.32 Å². The zero-order valence-corrected chi connectivity index (χ0v) is 11.6. The zero-order valence-electron chi connectivity index (χ0n) is 10.9. The van der Waals surface area contributed by atoms with Crippen LogP contribution in [-0.4, -0.2) is 18.6 Å². The van der Waals surface area contributed by atoms with Crippen LogP contribution in [0, 0.1) is 5.92 Å². The summed E-state index contributed by atoms with van der Waals surface area (Å²) in [6.07, 6.45) is -0.566. The third-order valence-corrected chi connectivity index (χ3v) is 2.67. The molecule has 1 amide bonds. The van der Waals surface area contributed by atoms with E-state index in [0.29, 0.717) is 28.9 Å². The van der Waals surface area contributed by atoms with Gasteiger partial charge in [-0.1, -0.05) is 25.4 Å². The molecule has 0 bridgehead atoms. The molecule has 0 aromatic heterocycles. The maximum Gasteiger partial charge on any atom is 0.260 e. The predicted molar refractivity (Wildman–Crippen MR) is 73.8 cm³/mol. The van der Waals surface area contributed by atoms with E-state index in [0.717, 1.165) is 0 Å². The molecule has 0 aliphatic rings. The van der Waals surface area contributed by atoms with Crippen LogP contribution in [0.5, 0.6) is 5.75 Å². The van der Waals surface area contributed by atoms with E-state index in [2.05, 4.69) is 5.32 Å². The lowest BCUT2D eigenvalue weighted by atomic mass is 10.2. The van der Waals surface area contributed by atoms with Crippen molar-refractivity contribution in [2.24, 2.45) is 5.92 Å². The third-order valence-electron chi connectivity index (χ3n) is 2.34. The van der Waals surface area contributed by atoms with Gasteiger partial charge < -0.3 is 15.8 Å². The van der Waals surface area contributed by atoms with Crippen LogP contribution in [0.3, 0.4) is 0 Å². The van der Waals surface area contributed by atoms with Crippen molar-refractivity contribution in [2.45, 2.75) is 26.9 Å². The van der Waals surface area contributed by atoms with E-state index in [9.17, 15) is 4.79 Å². The van der Waals surface area contributed by atoms with Crippen molar-refractivity contribution in [3.05, 3.63) is 23.2 Å². The van der Waals surface area contributed by atoms with Gasteiger partial charge in [0.25, 0.3) is 5.91 Å². The Kier molecular flexibility index (Phi) is 5.28. The van der Waals surface area contributed by atoms with Gasteiger partial charge in [0.1, 0.15) is 5.75 Å². The van der Waals surface area contributed by atoms with Crippen molar-refractivity contribution in [3.8, 4) is 5.75 Å². The first-order chi connectivity index (χ1) is 8.40. The third kappa shape index (κ3) is 4.45. The number of carbonyl (C=O) groups is 1. The molecule has 0 heterocycles. The van der Waals surface area contributed by atoms with Crippen molar-refractivity contribution >= 4 is 23.2 Å². The summed E-state index contributed by atoms with van der Waals surface area (Å²) in [5.74, 6) is 0.796. The fourth-order valence-corrected chi connectivity index (χ4v) is 1.46. The molecular formula is C13H19ClN2O2. The smallest absolute Gasteiger partial charge is 0.260 e. The van der Waals surface area contributed by atoms with Crippen LogP contribution in [0.25, 0.3) is 0 Å². The number of nitrogens with two attached hydrogens (primary N) is 1. The van der Waals surface area contributed by atoms with Crippen LogP contribution in [0.4, 0.5) is 5.69 Å². The van der Waals surface area contributed by atoms with Crippen LogP contribution in [-0.2, 0) is 4.79 Å². The molecule has 1 aromatic rings. The maximum atomic E-state index is 11.7. The molecule has 4 nitrogen and oxygen atoms in total. The van der Waals surface area contributed by atoms with Crippen molar-refractivity contribution < 1.29 is 9.53 Å². The van der Waals surface area contributed by atoms with Gasteiger partial charge in [-0.25, -0.2) is 0 Å². The lowest BCUT2D eigenvalue weighted by Crippen LogP contribution is -2.38. The summed E-state index contributed by atoms with van der Waals surface area (Å²) >= 11 is 5.87. The molecule has 1 unspecified atom stereocenters. The van der Waals surface area contributed by atoms with Crippen molar-refractivity contribution in [1.29, 1.82) is 0 Å². The van der Waals surface area contributed by atoms with Gasteiger partial charge in [0.15, 0.2) is 6.10 Å². The molecule has 0 saturated heterocycles. The van der Waals surface area contributed by atoms with E-state index in [1.54, 1.807) is 25.1 Å².